The Morgan fingerprint density at radius 2 is 1.62 bits per heavy atom. The molecule has 0 atom stereocenters. The minimum absolute atomic E-state index is 0.0273. The lowest BCUT2D eigenvalue weighted by Gasteiger charge is -2.11. The van der Waals surface area contributed by atoms with Gasteiger partial charge < -0.3 is 5.32 Å². The van der Waals surface area contributed by atoms with Crippen molar-refractivity contribution in [2.75, 3.05) is 5.32 Å². The molecule has 0 saturated carbocycles. The number of aromatic nitrogens is 3. The van der Waals surface area contributed by atoms with Gasteiger partial charge in [0, 0.05) is 17.8 Å². The van der Waals surface area contributed by atoms with Crippen molar-refractivity contribution in [2.24, 2.45) is 5.14 Å². The van der Waals surface area contributed by atoms with Crippen LogP contribution in [0.25, 0.3) is 5.69 Å². The van der Waals surface area contributed by atoms with Gasteiger partial charge >= 0.3 is 0 Å². The van der Waals surface area contributed by atoms with Crippen molar-refractivity contribution in [3.05, 3.63) is 92.9 Å². The minimum atomic E-state index is -3.77. The topological polar surface area (TPSA) is 106 Å². The van der Waals surface area contributed by atoms with Gasteiger partial charge in [-0.05, 0) is 66.3 Å². The molecule has 0 radical (unpaired) electrons. The Morgan fingerprint density at radius 3 is 2.22 bits per heavy atom. The molecule has 0 unspecified atom stereocenters. The number of halogens is 2. The molecule has 1 heterocycles. The first-order chi connectivity index (χ1) is 15.2. The van der Waals surface area contributed by atoms with Crippen molar-refractivity contribution in [1.29, 1.82) is 0 Å². The summed E-state index contributed by atoms with van der Waals surface area (Å²) in [6.07, 6.45) is 0.497. The molecule has 0 aliphatic heterocycles. The zero-order valence-corrected chi connectivity index (χ0v) is 19.6. The predicted octanol–water partition coefficient (Wildman–Crippen LogP) is 5.22. The minimum Gasteiger partial charge on any atom is -0.353 e. The second kappa shape index (κ2) is 9.05. The molecule has 0 aliphatic rings. The van der Waals surface area contributed by atoms with E-state index in [1.54, 1.807) is 34.9 Å². The normalized spacial score (nSPS) is 11.5. The fourth-order valence-corrected chi connectivity index (χ4v) is 4.41. The van der Waals surface area contributed by atoms with E-state index >= 15 is 0 Å². The Kier molecular flexibility index (Phi) is 6.36. The van der Waals surface area contributed by atoms with Crippen LogP contribution in [0.2, 0.25) is 10.0 Å². The Bertz CT molecular complexity index is 1410. The van der Waals surface area contributed by atoms with Crippen LogP contribution in [0.1, 0.15) is 11.4 Å². The van der Waals surface area contributed by atoms with Crippen LogP contribution in [-0.2, 0) is 16.4 Å². The first kappa shape index (κ1) is 22.5. The van der Waals surface area contributed by atoms with E-state index in [0.717, 1.165) is 11.3 Å². The molecule has 7 nitrogen and oxygen atoms in total. The van der Waals surface area contributed by atoms with Crippen molar-refractivity contribution in [1.82, 2.24) is 14.8 Å². The highest BCUT2D eigenvalue weighted by Crippen LogP contribution is 2.32. The zero-order valence-electron chi connectivity index (χ0n) is 16.4. The summed E-state index contributed by atoms with van der Waals surface area (Å²) in [5.74, 6) is 0.674. The summed E-state index contributed by atoms with van der Waals surface area (Å²) < 4.78 is 25.1. The third-order valence-corrected chi connectivity index (χ3v) is 6.55. The Labute approximate surface area is 199 Å². The maximum absolute atomic E-state index is 11.5. The molecule has 4 aromatic rings. The molecule has 0 amide bonds. The standard InChI is InChI=1S/C21H17Cl2N5O2S2/c22-17-2-1-3-18(23)20(17)25-14-6-4-13(5-7-14)12-19-26-27-21(31)28(19)15-8-10-16(11-9-15)32(24,29)30/h1-11,25H,12H2,(H,27,31)(H2,24,29,30). The number of sulfonamides is 1. The number of anilines is 2. The van der Waals surface area contributed by atoms with Crippen LogP contribution in [-0.4, -0.2) is 23.2 Å². The number of nitrogens with zero attached hydrogens (tertiary/aromatic N) is 2. The number of para-hydroxylation sites is 1. The van der Waals surface area contributed by atoms with Crippen LogP contribution in [0.5, 0.6) is 0 Å². The number of aromatic amines is 1. The van der Waals surface area contributed by atoms with Crippen LogP contribution in [0.15, 0.2) is 71.6 Å². The number of nitrogens with two attached hydrogens (primary N) is 1. The summed E-state index contributed by atoms with van der Waals surface area (Å²) in [4.78, 5) is 0.0273. The largest absolute Gasteiger partial charge is 0.353 e. The molecule has 0 fully saturated rings. The van der Waals surface area contributed by atoms with Gasteiger partial charge in [0.25, 0.3) is 0 Å². The number of benzene rings is 3. The summed E-state index contributed by atoms with van der Waals surface area (Å²) in [6, 6.07) is 19.2. The van der Waals surface area contributed by atoms with E-state index in [4.69, 9.17) is 40.6 Å². The Hall–Kier alpha value is -2.69. The second-order valence-corrected chi connectivity index (χ2v) is 9.68. The number of nitrogens with one attached hydrogen (secondary N) is 2. The van der Waals surface area contributed by atoms with Gasteiger partial charge in [-0.1, -0.05) is 41.4 Å². The Balaban J connectivity index is 1.56. The van der Waals surface area contributed by atoms with E-state index < -0.39 is 10.0 Å². The predicted molar refractivity (Wildman–Crippen MR) is 129 cm³/mol. The van der Waals surface area contributed by atoms with Crippen LogP contribution >= 0.6 is 35.4 Å². The molecule has 0 bridgehead atoms. The molecule has 0 saturated heterocycles. The first-order valence-corrected chi connectivity index (χ1v) is 12.0. The number of hydrogen-bond acceptors (Lipinski definition) is 5. The number of hydrogen-bond donors (Lipinski definition) is 3. The number of rotatable bonds is 6. The second-order valence-electron chi connectivity index (χ2n) is 6.91. The van der Waals surface area contributed by atoms with Crippen LogP contribution in [0.4, 0.5) is 11.4 Å². The summed E-state index contributed by atoms with van der Waals surface area (Å²) >= 11 is 17.8. The number of H-pyrrole nitrogens is 1. The highest BCUT2D eigenvalue weighted by molar-refractivity contribution is 7.89. The lowest BCUT2D eigenvalue weighted by molar-refractivity contribution is 0.598. The molecule has 0 aliphatic carbocycles. The first-order valence-electron chi connectivity index (χ1n) is 9.32. The van der Waals surface area contributed by atoms with Gasteiger partial charge in [0.2, 0.25) is 10.0 Å². The number of primary sulfonamides is 1. The van der Waals surface area contributed by atoms with Gasteiger partial charge in [0.05, 0.1) is 20.6 Å². The van der Waals surface area contributed by atoms with Gasteiger partial charge in [-0.3, -0.25) is 9.67 Å². The van der Waals surface area contributed by atoms with Crippen molar-refractivity contribution < 1.29 is 8.42 Å². The van der Waals surface area contributed by atoms with Gasteiger partial charge in [0.15, 0.2) is 4.77 Å². The quantitative estimate of drug-likeness (QED) is 0.311. The van der Waals surface area contributed by atoms with Gasteiger partial charge in [0.1, 0.15) is 5.82 Å². The summed E-state index contributed by atoms with van der Waals surface area (Å²) in [5, 5.41) is 16.6. The third-order valence-electron chi connectivity index (χ3n) is 4.71. The molecule has 4 rings (SSSR count). The van der Waals surface area contributed by atoms with Crippen molar-refractivity contribution in [3.8, 4) is 5.69 Å². The summed E-state index contributed by atoms with van der Waals surface area (Å²) in [6.45, 7) is 0. The molecule has 11 heteroatoms. The maximum atomic E-state index is 11.5. The molecular weight excluding hydrogens is 489 g/mol. The highest BCUT2D eigenvalue weighted by Gasteiger charge is 2.12. The van der Waals surface area contributed by atoms with Crippen LogP contribution in [0, 0.1) is 4.77 Å². The third kappa shape index (κ3) is 4.87. The lowest BCUT2D eigenvalue weighted by atomic mass is 10.1. The average molecular weight is 506 g/mol. The van der Waals surface area contributed by atoms with E-state index in [1.165, 1.54) is 12.1 Å². The molecule has 0 spiro atoms. The van der Waals surface area contributed by atoms with Crippen LogP contribution < -0.4 is 10.5 Å². The van der Waals surface area contributed by atoms with E-state index in [1.807, 2.05) is 24.3 Å². The average Bonchev–Trinajstić information content (AvgIpc) is 3.11. The van der Waals surface area contributed by atoms with Crippen molar-refractivity contribution >= 4 is 56.8 Å². The molecule has 32 heavy (non-hydrogen) atoms. The van der Waals surface area contributed by atoms with Crippen molar-refractivity contribution in [3.63, 3.8) is 0 Å². The van der Waals surface area contributed by atoms with Gasteiger partial charge in [-0.25, -0.2) is 13.6 Å². The zero-order chi connectivity index (χ0) is 22.9. The van der Waals surface area contributed by atoms with E-state index in [2.05, 4.69) is 15.5 Å². The molecule has 3 aromatic carbocycles. The summed E-state index contributed by atoms with van der Waals surface area (Å²) in [5.41, 5.74) is 3.16. The Morgan fingerprint density at radius 1 is 1.00 bits per heavy atom. The highest BCUT2D eigenvalue weighted by atomic mass is 35.5. The molecule has 164 valence electrons. The van der Waals surface area contributed by atoms with E-state index in [9.17, 15) is 8.42 Å². The van der Waals surface area contributed by atoms with Crippen LogP contribution in [0.3, 0.4) is 0 Å². The lowest BCUT2D eigenvalue weighted by Crippen LogP contribution is -2.12. The molecule has 1 aromatic heterocycles. The fraction of sp³-hybridized carbons (Fsp3) is 0.0476. The monoisotopic (exact) mass is 505 g/mol. The molecule has 4 N–H and O–H groups in total. The van der Waals surface area contributed by atoms with E-state index in [0.29, 0.717) is 38.4 Å². The van der Waals surface area contributed by atoms with E-state index in [-0.39, 0.29) is 4.90 Å². The van der Waals surface area contributed by atoms with Gasteiger partial charge in [-0.2, -0.15) is 5.10 Å². The maximum Gasteiger partial charge on any atom is 0.238 e. The van der Waals surface area contributed by atoms with Gasteiger partial charge in [-0.15, -0.1) is 0 Å². The smallest absolute Gasteiger partial charge is 0.238 e. The summed E-state index contributed by atoms with van der Waals surface area (Å²) in [7, 11) is -3.77. The SMILES string of the molecule is NS(=O)(=O)c1ccc(-n2c(Cc3ccc(Nc4c(Cl)cccc4Cl)cc3)n[nH]c2=S)cc1. The molecular formula is C21H17Cl2N5O2S2. The van der Waals surface area contributed by atoms with Crippen molar-refractivity contribution in [2.45, 2.75) is 11.3 Å². The fourth-order valence-electron chi connectivity index (χ4n) is 3.15.